The van der Waals surface area contributed by atoms with E-state index in [0.717, 1.165) is 12.8 Å². The zero-order valence-corrected chi connectivity index (χ0v) is 18.4. The molecule has 1 saturated carbocycles. The first kappa shape index (κ1) is 20.7. The lowest BCUT2D eigenvalue weighted by atomic mass is 10.2. The van der Waals surface area contributed by atoms with Gasteiger partial charge in [0.15, 0.2) is 0 Å². The van der Waals surface area contributed by atoms with Gasteiger partial charge in [0.1, 0.15) is 5.82 Å². The van der Waals surface area contributed by atoms with Crippen molar-refractivity contribution in [2.24, 2.45) is 0 Å². The molecule has 3 fully saturated rings. The number of anilines is 1. The number of nitrogens with one attached hydrogen (secondary N) is 1. The Balaban J connectivity index is 1.60. The summed E-state index contributed by atoms with van der Waals surface area (Å²) < 4.78 is 41.6. The van der Waals surface area contributed by atoms with Gasteiger partial charge in [0, 0.05) is 37.8 Å². The Morgan fingerprint density at radius 2 is 1.71 bits per heavy atom. The summed E-state index contributed by atoms with van der Waals surface area (Å²) >= 11 is 0. The van der Waals surface area contributed by atoms with Crippen LogP contribution in [-0.4, -0.2) is 87.0 Å². The van der Waals surface area contributed by atoms with E-state index in [2.05, 4.69) is 9.82 Å². The lowest BCUT2D eigenvalue weighted by Gasteiger charge is -2.29. The summed E-state index contributed by atoms with van der Waals surface area (Å²) in [4.78, 5) is 17.1. The Hall–Kier alpha value is -2.21. The molecule has 31 heavy (non-hydrogen) atoms. The fourth-order valence-corrected chi connectivity index (χ4v) is 5.49. The van der Waals surface area contributed by atoms with Crippen molar-refractivity contribution >= 4 is 27.3 Å². The molecule has 10 nitrogen and oxygen atoms in total. The van der Waals surface area contributed by atoms with E-state index in [-0.39, 0.29) is 10.8 Å². The molecule has 3 aliphatic rings. The molecule has 2 aliphatic heterocycles. The number of nitrogens with zero attached hydrogens (tertiary/aromatic N) is 4. The summed E-state index contributed by atoms with van der Waals surface area (Å²) in [6, 6.07) is 3.20. The second-order valence-electron chi connectivity index (χ2n) is 8.57. The summed E-state index contributed by atoms with van der Waals surface area (Å²) in [6.07, 6.45) is 3.17. The molecule has 0 bridgehead atoms. The third-order valence-corrected chi connectivity index (χ3v) is 7.75. The van der Waals surface area contributed by atoms with Crippen molar-refractivity contribution in [3.05, 3.63) is 23.9 Å². The van der Waals surface area contributed by atoms with Crippen LogP contribution in [-0.2, 0) is 19.5 Å². The van der Waals surface area contributed by atoms with Crippen LogP contribution >= 0.6 is 0 Å². The molecule has 4 heterocycles. The standard InChI is InChI=1S/C20H27N5O5S/c1-20(2-3-20)22-31(27,28)15-12-17-16(19(26)24-6-10-30-11-7-24)14-21-25(17)18(13-15)23-4-8-29-9-5-23/h12-14,22H,2-11H2,1H3. The van der Waals surface area contributed by atoms with Crippen molar-refractivity contribution in [3.63, 3.8) is 0 Å². The molecule has 2 aromatic heterocycles. The van der Waals surface area contributed by atoms with Crippen LogP contribution in [0.2, 0.25) is 0 Å². The first-order valence-electron chi connectivity index (χ1n) is 10.6. The van der Waals surface area contributed by atoms with Crippen molar-refractivity contribution < 1.29 is 22.7 Å². The van der Waals surface area contributed by atoms with Gasteiger partial charge in [-0.05, 0) is 25.8 Å². The zero-order valence-electron chi connectivity index (χ0n) is 17.5. The number of fused-ring (bicyclic) bond motifs is 1. The van der Waals surface area contributed by atoms with Crippen LogP contribution < -0.4 is 9.62 Å². The highest BCUT2D eigenvalue weighted by Gasteiger charge is 2.41. The quantitative estimate of drug-likeness (QED) is 0.708. The van der Waals surface area contributed by atoms with E-state index < -0.39 is 15.6 Å². The van der Waals surface area contributed by atoms with E-state index in [4.69, 9.17) is 9.47 Å². The van der Waals surface area contributed by atoms with Gasteiger partial charge in [-0.2, -0.15) is 5.10 Å². The predicted octanol–water partition coefficient (Wildman–Crippen LogP) is 0.474. The number of sulfonamides is 1. The molecular formula is C20H27N5O5S. The molecule has 2 aromatic rings. The fourth-order valence-electron chi connectivity index (χ4n) is 3.99. The normalized spacial score (nSPS) is 21.5. The van der Waals surface area contributed by atoms with Crippen LogP contribution in [0.4, 0.5) is 5.82 Å². The van der Waals surface area contributed by atoms with Crippen LogP contribution in [0.25, 0.3) is 5.52 Å². The van der Waals surface area contributed by atoms with Crippen molar-refractivity contribution in [3.8, 4) is 0 Å². The maximum Gasteiger partial charge on any atom is 0.257 e. The van der Waals surface area contributed by atoms with Gasteiger partial charge >= 0.3 is 0 Å². The van der Waals surface area contributed by atoms with Crippen molar-refractivity contribution in [1.82, 2.24) is 19.2 Å². The fraction of sp³-hybridized carbons (Fsp3) is 0.600. The van der Waals surface area contributed by atoms with Gasteiger partial charge in [-0.25, -0.2) is 17.7 Å². The molecule has 168 valence electrons. The molecule has 1 amide bonds. The topological polar surface area (TPSA) is 105 Å². The van der Waals surface area contributed by atoms with E-state index in [9.17, 15) is 13.2 Å². The van der Waals surface area contributed by atoms with Crippen molar-refractivity contribution in [1.29, 1.82) is 0 Å². The number of hydrogen-bond donors (Lipinski definition) is 1. The Bertz CT molecular complexity index is 1100. The molecule has 5 rings (SSSR count). The second kappa shape index (κ2) is 7.73. The SMILES string of the molecule is CC1(NS(=O)(=O)c2cc(N3CCOCC3)n3ncc(C(=O)N4CCOCC4)c3c2)CC1. The molecule has 1 aliphatic carbocycles. The smallest absolute Gasteiger partial charge is 0.257 e. The number of carbonyl (C=O) groups excluding carboxylic acids is 1. The summed E-state index contributed by atoms with van der Waals surface area (Å²) in [6.45, 7) is 6.24. The molecule has 0 radical (unpaired) electrons. The predicted molar refractivity (Wildman–Crippen MR) is 113 cm³/mol. The number of morpholine rings is 2. The van der Waals surface area contributed by atoms with Crippen LogP contribution in [0.15, 0.2) is 23.2 Å². The average molecular weight is 450 g/mol. The minimum Gasteiger partial charge on any atom is -0.378 e. The summed E-state index contributed by atoms with van der Waals surface area (Å²) in [5.74, 6) is 0.478. The van der Waals surface area contributed by atoms with Gasteiger partial charge in [-0.3, -0.25) is 4.79 Å². The molecule has 0 aromatic carbocycles. The van der Waals surface area contributed by atoms with Crippen molar-refractivity contribution in [2.75, 3.05) is 57.5 Å². The Kier molecular flexibility index (Phi) is 5.16. The van der Waals surface area contributed by atoms with Gasteiger partial charge in [0.05, 0.1) is 48.6 Å². The summed E-state index contributed by atoms with van der Waals surface area (Å²) in [5, 5.41) is 4.46. The zero-order chi connectivity index (χ0) is 21.6. The number of rotatable bonds is 5. The van der Waals surface area contributed by atoms with E-state index in [1.807, 2.05) is 11.8 Å². The lowest BCUT2D eigenvalue weighted by molar-refractivity contribution is 0.0304. The second-order valence-corrected chi connectivity index (χ2v) is 10.3. The molecule has 11 heteroatoms. The highest BCUT2D eigenvalue weighted by Crippen LogP contribution is 2.36. The first-order chi connectivity index (χ1) is 14.9. The maximum absolute atomic E-state index is 13.2. The maximum atomic E-state index is 13.2. The summed E-state index contributed by atoms with van der Waals surface area (Å²) in [7, 11) is -3.75. The van der Waals surface area contributed by atoms with Crippen LogP contribution in [0, 0.1) is 0 Å². The van der Waals surface area contributed by atoms with E-state index in [0.29, 0.717) is 69.5 Å². The monoisotopic (exact) mass is 449 g/mol. The summed E-state index contributed by atoms with van der Waals surface area (Å²) in [5.41, 5.74) is 0.490. The lowest BCUT2D eigenvalue weighted by Crippen LogP contribution is -2.40. The van der Waals surface area contributed by atoms with Gasteiger partial charge in [0.2, 0.25) is 10.0 Å². The van der Waals surface area contributed by atoms with Crippen LogP contribution in [0.3, 0.4) is 0 Å². The number of pyridine rings is 1. The van der Waals surface area contributed by atoms with Crippen LogP contribution in [0.5, 0.6) is 0 Å². The third-order valence-electron chi connectivity index (χ3n) is 6.13. The number of ether oxygens (including phenoxy) is 2. The number of amides is 1. The minimum absolute atomic E-state index is 0.145. The Morgan fingerprint density at radius 3 is 2.35 bits per heavy atom. The van der Waals surface area contributed by atoms with E-state index in [1.165, 1.54) is 6.20 Å². The highest BCUT2D eigenvalue weighted by molar-refractivity contribution is 7.89. The highest BCUT2D eigenvalue weighted by atomic mass is 32.2. The number of hydrogen-bond acceptors (Lipinski definition) is 7. The van der Waals surface area contributed by atoms with E-state index >= 15 is 0 Å². The molecule has 0 atom stereocenters. The molecule has 0 unspecified atom stereocenters. The minimum atomic E-state index is -3.75. The van der Waals surface area contributed by atoms with Gasteiger partial charge in [-0.15, -0.1) is 0 Å². The van der Waals surface area contributed by atoms with Crippen molar-refractivity contribution in [2.45, 2.75) is 30.2 Å². The average Bonchev–Trinajstić information content (AvgIpc) is 3.33. The van der Waals surface area contributed by atoms with Gasteiger partial charge in [-0.1, -0.05) is 0 Å². The number of carbonyl (C=O) groups is 1. The Morgan fingerprint density at radius 1 is 1.06 bits per heavy atom. The number of aromatic nitrogens is 2. The Labute approximate surface area is 181 Å². The molecule has 0 spiro atoms. The first-order valence-corrected chi connectivity index (χ1v) is 12.1. The molecular weight excluding hydrogens is 422 g/mol. The van der Waals surface area contributed by atoms with Gasteiger partial charge < -0.3 is 19.3 Å². The van der Waals surface area contributed by atoms with Crippen LogP contribution in [0.1, 0.15) is 30.1 Å². The largest absolute Gasteiger partial charge is 0.378 e. The van der Waals surface area contributed by atoms with E-state index in [1.54, 1.807) is 21.5 Å². The van der Waals surface area contributed by atoms with Gasteiger partial charge in [0.25, 0.3) is 5.91 Å². The molecule has 1 N–H and O–H groups in total. The molecule has 2 saturated heterocycles. The third kappa shape index (κ3) is 4.02.